The van der Waals surface area contributed by atoms with Gasteiger partial charge < -0.3 is 27.0 Å². The van der Waals surface area contributed by atoms with Crippen molar-refractivity contribution in [2.75, 3.05) is 45.6 Å². The van der Waals surface area contributed by atoms with Crippen LogP contribution in [0.3, 0.4) is 0 Å². The van der Waals surface area contributed by atoms with Crippen LogP contribution in [0.1, 0.15) is 32.3 Å². The number of guanidine groups is 2. The van der Waals surface area contributed by atoms with Gasteiger partial charge in [-0.2, -0.15) is 4.99 Å². The minimum atomic E-state index is -0.418. The first-order chi connectivity index (χ1) is 24.0. The first kappa shape index (κ1) is 36.0. The maximum atomic E-state index is 12.6. The zero-order valence-corrected chi connectivity index (χ0v) is 29.4. The fraction of sp³-hybridized carbons (Fsp3) is 0.342. The molecule has 6 N–H and O–H groups in total. The monoisotopic (exact) mass is 676 g/mol. The van der Waals surface area contributed by atoms with Gasteiger partial charge in [-0.3, -0.25) is 24.4 Å². The Balaban J connectivity index is 1.41. The lowest BCUT2D eigenvalue weighted by molar-refractivity contribution is -0.118. The molecule has 2 amide bonds. The zero-order chi connectivity index (χ0) is 35.8. The molecule has 262 valence electrons. The van der Waals surface area contributed by atoms with E-state index in [-0.39, 0.29) is 24.4 Å². The predicted octanol–water partition coefficient (Wildman–Crippen LogP) is 4.04. The molecule has 12 nitrogen and oxygen atoms in total. The van der Waals surface area contributed by atoms with Gasteiger partial charge in [0.1, 0.15) is 5.82 Å². The third-order valence-electron chi connectivity index (χ3n) is 8.83. The van der Waals surface area contributed by atoms with Gasteiger partial charge in [-0.25, -0.2) is 4.99 Å². The molecule has 0 spiro atoms. The average molecular weight is 677 g/mol. The first-order valence-corrected chi connectivity index (χ1v) is 17.0. The van der Waals surface area contributed by atoms with E-state index in [2.05, 4.69) is 48.1 Å². The number of aliphatic imine (C=N–C) groups is 2. The predicted molar refractivity (Wildman–Crippen MR) is 202 cm³/mol. The third kappa shape index (κ3) is 8.82. The number of likely N-dealkylation sites (N-methyl/N-ethyl adjacent to an activating group) is 1. The minimum Gasteiger partial charge on any atom is -0.369 e. The van der Waals surface area contributed by atoms with E-state index in [4.69, 9.17) is 26.4 Å². The molecule has 50 heavy (non-hydrogen) atoms. The average Bonchev–Trinajstić information content (AvgIpc) is 3.08. The number of primary amides is 1. The summed E-state index contributed by atoms with van der Waals surface area (Å²) in [4.78, 5) is 44.5. The quantitative estimate of drug-likeness (QED) is 0.222. The zero-order valence-electron chi connectivity index (χ0n) is 29.4. The number of benzene rings is 2. The number of likely N-dealkylation sites (tertiary alicyclic amines) is 1. The van der Waals surface area contributed by atoms with E-state index in [1.54, 1.807) is 24.2 Å². The number of aromatic nitrogens is 1. The van der Waals surface area contributed by atoms with E-state index in [9.17, 15) is 9.59 Å². The molecular weight excluding hydrogens is 628 g/mol. The van der Waals surface area contributed by atoms with Gasteiger partial charge in [0, 0.05) is 61.6 Å². The van der Waals surface area contributed by atoms with Crippen molar-refractivity contribution in [3.8, 4) is 11.3 Å². The van der Waals surface area contributed by atoms with Gasteiger partial charge in [0.15, 0.2) is 0 Å². The summed E-state index contributed by atoms with van der Waals surface area (Å²) in [6, 6.07) is 16.1. The number of anilines is 1. The van der Waals surface area contributed by atoms with Gasteiger partial charge in [0.05, 0.1) is 18.8 Å². The molecule has 0 unspecified atom stereocenters. The highest BCUT2D eigenvalue weighted by atomic mass is 16.2. The lowest BCUT2D eigenvalue weighted by Crippen LogP contribution is -2.53. The Labute approximate surface area is 294 Å². The highest BCUT2D eigenvalue weighted by molar-refractivity contribution is 6.03. The van der Waals surface area contributed by atoms with Crippen molar-refractivity contribution >= 4 is 40.2 Å². The summed E-state index contributed by atoms with van der Waals surface area (Å²) in [5.41, 5.74) is 16.0. The molecule has 2 aromatic carbocycles. The number of carbonyl (C=O) groups is 2. The maximum Gasteiger partial charge on any atom is 0.248 e. The van der Waals surface area contributed by atoms with Crippen LogP contribution >= 0.6 is 0 Å². The van der Waals surface area contributed by atoms with Crippen molar-refractivity contribution in [1.29, 1.82) is 0 Å². The number of nitrogens with one attached hydrogen (secondary N) is 2. The van der Waals surface area contributed by atoms with Gasteiger partial charge in [-0.15, -0.1) is 0 Å². The number of pyridine rings is 1. The number of nitrogens with zero attached hydrogens (tertiary/aromatic N) is 6. The number of nitrogens with two attached hydrogens (primary N) is 2. The Bertz CT molecular complexity index is 1850. The lowest BCUT2D eigenvalue weighted by Gasteiger charge is -2.38. The smallest absolute Gasteiger partial charge is 0.248 e. The van der Waals surface area contributed by atoms with Crippen molar-refractivity contribution in [3.63, 3.8) is 0 Å². The van der Waals surface area contributed by atoms with Crippen LogP contribution in [0, 0.1) is 5.92 Å². The molecule has 12 heteroatoms. The fourth-order valence-electron chi connectivity index (χ4n) is 6.13. The molecule has 2 aliphatic rings. The molecule has 1 saturated heterocycles. The van der Waals surface area contributed by atoms with Crippen LogP contribution in [0.4, 0.5) is 5.69 Å². The SMILES string of the molecule is C=C/C(=C1/NC(N2CCC(N)CC2)=NC(=NCc2ccccc2-c2nccc3cc(NC(=O)/C=C/CN(C)CC(N)=O)ccc23)N1C)C(C)C. The normalized spacial score (nSPS) is 17.4. The Morgan fingerprint density at radius 3 is 2.66 bits per heavy atom. The molecule has 2 aliphatic heterocycles. The summed E-state index contributed by atoms with van der Waals surface area (Å²) >= 11 is 0. The molecule has 5 rings (SSSR count). The van der Waals surface area contributed by atoms with Gasteiger partial charge in [-0.05, 0) is 60.5 Å². The highest BCUT2D eigenvalue weighted by Gasteiger charge is 2.28. The largest absolute Gasteiger partial charge is 0.369 e. The van der Waals surface area contributed by atoms with Crippen LogP contribution in [-0.4, -0.2) is 89.7 Å². The lowest BCUT2D eigenvalue weighted by atomic mass is 9.99. The van der Waals surface area contributed by atoms with Crippen molar-refractivity contribution in [2.24, 2.45) is 27.4 Å². The number of piperidine rings is 1. The number of rotatable bonds is 11. The molecule has 0 atom stereocenters. The second-order valence-corrected chi connectivity index (χ2v) is 13.0. The maximum absolute atomic E-state index is 12.6. The number of hydrogen-bond acceptors (Lipinski definition) is 8. The summed E-state index contributed by atoms with van der Waals surface area (Å²) in [6.45, 7) is 11.0. The summed E-state index contributed by atoms with van der Waals surface area (Å²) < 4.78 is 0. The van der Waals surface area contributed by atoms with E-state index in [1.807, 2.05) is 54.4 Å². The second-order valence-electron chi connectivity index (χ2n) is 13.0. The fourth-order valence-corrected chi connectivity index (χ4v) is 6.13. The van der Waals surface area contributed by atoms with Crippen LogP contribution in [0.25, 0.3) is 22.0 Å². The summed E-state index contributed by atoms with van der Waals surface area (Å²) in [5, 5.41) is 8.38. The number of hydrogen-bond donors (Lipinski definition) is 4. The standard InChI is InChI=1S/C38H48N10O2/c1-6-30(25(2)3)36-44-38(48-20-16-28(39)17-21-48)45-37(47(36)5)42-23-27-10-7-8-11-31(27)35-32-14-13-29(22-26(32)15-18-41-35)43-34(50)12-9-19-46(4)24-33(40)49/h6-15,18,22,25,28H,1,16-17,19-21,23-24,39H2,2-5H3,(H2,40,49)(H,43,50)(H,42,44,45)/b12-9+,36-30+. The number of allylic oxidation sites excluding steroid dienone is 2. The van der Waals surface area contributed by atoms with Gasteiger partial charge >= 0.3 is 0 Å². The van der Waals surface area contributed by atoms with Crippen molar-refractivity contribution in [3.05, 3.63) is 96.5 Å². The van der Waals surface area contributed by atoms with Crippen LogP contribution in [-0.2, 0) is 16.1 Å². The first-order valence-electron chi connectivity index (χ1n) is 17.0. The Hall–Kier alpha value is -5.33. The van der Waals surface area contributed by atoms with E-state index in [1.165, 1.54) is 6.08 Å². The van der Waals surface area contributed by atoms with Gasteiger partial charge in [0.25, 0.3) is 0 Å². The highest BCUT2D eigenvalue weighted by Crippen LogP contribution is 2.31. The Morgan fingerprint density at radius 1 is 1.18 bits per heavy atom. The van der Waals surface area contributed by atoms with Crippen LogP contribution in [0.15, 0.2) is 101 Å². The number of fused-ring (bicyclic) bond motifs is 1. The van der Waals surface area contributed by atoms with Gasteiger partial charge in [-0.1, -0.05) is 62.9 Å². The van der Waals surface area contributed by atoms with E-state index in [0.29, 0.717) is 24.7 Å². The topological polar surface area (TPSA) is 158 Å². The number of amides is 2. The van der Waals surface area contributed by atoms with E-state index < -0.39 is 5.91 Å². The summed E-state index contributed by atoms with van der Waals surface area (Å²) in [5.74, 6) is 1.88. The second kappa shape index (κ2) is 16.4. The van der Waals surface area contributed by atoms with E-state index in [0.717, 1.165) is 70.9 Å². The molecular formula is C38H48N10O2. The molecule has 3 aromatic rings. The molecule has 0 radical (unpaired) electrons. The molecule has 1 fully saturated rings. The van der Waals surface area contributed by atoms with E-state index >= 15 is 0 Å². The molecule has 0 saturated carbocycles. The van der Waals surface area contributed by atoms with Crippen molar-refractivity contribution in [1.82, 2.24) is 25.0 Å². The van der Waals surface area contributed by atoms with Crippen molar-refractivity contribution in [2.45, 2.75) is 39.3 Å². The van der Waals surface area contributed by atoms with Crippen LogP contribution in [0.2, 0.25) is 0 Å². The Morgan fingerprint density at radius 2 is 1.94 bits per heavy atom. The molecule has 1 aromatic heterocycles. The minimum absolute atomic E-state index is 0.120. The summed E-state index contributed by atoms with van der Waals surface area (Å²) in [7, 11) is 3.74. The van der Waals surface area contributed by atoms with Crippen LogP contribution in [0.5, 0.6) is 0 Å². The van der Waals surface area contributed by atoms with Crippen LogP contribution < -0.4 is 22.1 Å². The summed E-state index contributed by atoms with van der Waals surface area (Å²) in [6.07, 6.45) is 8.65. The van der Waals surface area contributed by atoms with Gasteiger partial charge in [0.2, 0.25) is 23.7 Å². The molecule has 0 bridgehead atoms. The molecule has 3 heterocycles. The van der Waals surface area contributed by atoms with Crippen molar-refractivity contribution < 1.29 is 9.59 Å². The number of carbonyl (C=O) groups excluding carboxylic acids is 2. The Kier molecular flexibility index (Phi) is 11.8. The third-order valence-corrected chi connectivity index (χ3v) is 8.83. The molecule has 0 aliphatic carbocycles.